The molecule has 0 radical (unpaired) electrons. The molecule has 2 bridgehead atoms. The summed E-state index contributed by atoms with van der Waals surface area (Å²) in [6.07, 6.45) is 1.63. The van der Waals surface area contributed by atoms with Gasteiger partial charge in [0.15, 0.2) is 0 Å². The SMILES string of the molecule is Cn1cc2c(n1)[C@@H]1C[C@H]2[C@@H](O)[C@H]1O. The van der Waals surface area contributed by atoms with Crippen molar-refractivity contribution in [3.8, 4) is 0 Å². The molecule has 2 aliphatic rings. The predicted octanol–water partition coefficient (Wildman–Crippen LogP) is -0.274. The summed E-state index contributed by atoms with van der Waals surface area (Å²) in [7, 11) is 1.87. The van der Waals surface area contributed by atoms with Crippen LogP contribution in [0.5, 0.6) is 0 Å². The summed E-state index contributed by atoms with van der Waals surface area (Å²) in [6.45, 7) is 0. The highest BCUT2D eigenvalue weighted by molar-refractivity contribution is 5.38. The fourth-order valence-electron chi connectivity index (χ4n) is 2.71. The molecule has 0 amide bonds. The molecule has 70 valence electrons. The van der Waals surface area contributed by atoms with E-state index in [2.05, 4.69) is 5.10 Å². The number of aliphatic hydroxyl groups is 2. The van der Waals surface area contributed by atoms with Crippen LogP contribution in [0.4, 0.5) is 0 Å². The highest BCUT2D eigenvalue weighted by Crippen LogP contribution is 2.52. The number of hydrogen-bond acceptors (Lipinski definition) is 3. The van der Waals surface area contributed by atoms with Crippen molar-refractivity contribution in [2.24, 2.45) is 7.05 Å². The fraction of sp³-hybridized carbons (Fsp3) is 0.667. The molecule has 1 aromatic rings. The van der Waals surface area contributed by atoms with E-state index in [1.54, 1.807) is 4.68 Å². The third-order valence-corrected chi connectivity index (χ3v) is 3.32. The van der Waals surface area contributed by atoms with Crippen LogP contribution in [0.1, 0.15) is 29.5 Å². The molecule has 2 N–H and O–H groups in total. The van der Waals surface area contributed by atoms with Crippen LogP contribution in [0, 0.1) is 0 Å². The van der Waals surface area contributed by atoms with Crippen molar-refractivity contribution >= 4 is 0 Å². The Hall–Kier alpha value is -0.870. The van der Waals surface area contributed by atoms with E-state index < -0.39 is 12.2 Å². The Balaban J connectivity index is 2.15. The number of fused-ring (bicyclic) bond motifs is 5. The van der Waals surface area contributed by atoms with Gasteiger partial charge in [0, 0.05) is 25.1 Å². The molecule has 2 aliphatic carbocycles. The zero-order valence-corrected chi connectivity index (χ0v) is 7.38. The first kappa shape index (κ1) is 7.53. The van der Waals surface area contributed by atoms with Gasteiger partial charge in [-0.15, -0.1) is 0 Å². The Morgan fingerprint density at radius 1 is 1.38 bits per heavy atom. The van der Waals surface area contributed by atoms with E-state index in [-0.39, 0.29) is 11.8 Å². The van der Waals surface area contributed by atoms with Gasteiger partial charge in [-0.3, -0.25) is 4.68 Å². The molecule has 4 nitrogen and oxygen atoms in total. The molecular weight excluding hydrogens is 168 g/mol. The normalized spacial score (nSPS) is 41.2. The van der Waals surface area contributed by atoms with Gasteiger partial charge in [0.1, 0.15) is 0 Å². The summed E-state index contributed by atoms with van der Waals surface area (Å²) >= 11 is 0. The number of nitrogens with zero attached hydrogens (tertiary/aromatic N) is 2. The molecule has 1 heterocycles. The second kappa shape index (κ2) is 2.13. The highest BCUT2D eigenvalue weighted by Gasteiger charge is 2.51. The average molecular weight is 180 g/mol. The minimum Gasteiger partial charge on any atom is -0.390 e. The van der Waals surface area contributed by atoms with Crippen molar-refractivity contribution < 1.29 is 10.2 Å². The molecule has 4 atom stereocenters. The molecule has 1 saturated carbocycles. The maximum absolute atomic E-state index is 9.66. The third-order valence-electron chi connectivity index (χ3n) is 3.32. The zero-order valence-electron chi connectivity index (χ0n) is 7.38. The molecule has 1 aromatic heterocycles. The van der Waals surface area contributed by atoms with E-state index in [0.717, 1.165) is 17.7 Å². The van der Waals surface area contributed by atoms with Crippen molar-refractivity contribution in [1.82, 2.24) is 9.78 Å². The lowest BCUT2D eigenvalue weighted by molar-refractivity contribution is 0.0211. The van der Waals surface area contributed by atoms with Crippen LogP contribution in [0.3, 0.4) is 0 Å². The Labute approximate surface area is 75.8 Å². The van der Waals surface area contributed by atoms with Crippen LogP contribution in [-0.4, -0.2) is 32.2 Å². The van der Waals surface area contributed by atoms with E-state index in [1.807, 2.05) is 13.2 Å². The van der Waals surface area contributed by atoms with Crippen LogP contribution in [0.2, 0.25) is 0 Å². The lowest BCUT2D eigenvalue weighted by atomic mass is 9.93. The minimum atomic E-state index is -0.604. The van der Waals surface area contributed by atoms with Crippen LogP contribution < -0.4 is 0 Å². The van der Waals surface area contributed by atoms with Crippen molar-refractivity contribution in [3.63, 3.8) is 0 Å². The Kier molecular flexibility index (Phi) is 1.24. The molecular formula is C9H12N2O2. The third kappa shape index (κ3) is 0.752. The number of aromatic nitrogens is 2. The summed E-state index contributed by atoms with van der Waals surface area (Å²) < 4.78 is 1.76. The maximum Gasteiger partial charge on any atom is 0.0889 e. The molecule has 0 aliphatic heterocycles. The number of aryl methyl sites for hydroxylation is 1. The van der Waals surface area contributed by atoms with E-state index in [9.17, 15) is 10.2 Å². The molecule has 3 rings (SSSR count). The van der Waals surface area contributed by atoms with E-state index in [4.69, 9.17) is 0 Å². The number of aliphatic hydroxyl groups excluding tert-OH is 2. The lowest BCUT2D eigenvalue weighted by Crippen LogP contribution is -2.30. The Bertz CT molecular complexity index is 329. The van der Waals surface area contributed by atoms with Crippen LogP contribution in [0.25, 0.3) is 0 Å². The molecule has 0 unspecified atom stereocenters. The first-order chi connectivity index (χ1) is 6.18. The Morgan fingerprint density at radius 3 is 2.85 bits per heavy atom. The molecule has 4 heteroatoms. The second-order valence-corrected chi connectivity index (χ2v) is 4.07. The van der Waals surface area contributed by atoms with Gasteiger partial charge in [-0.25, -0.2) is 0 Å². The van der Waals surface area contributed by atoms with E-state index >= 15 is 0 Å². The Morgan fingerprint density at radius 2 is 2.08 bits per heavy atom. The van der Waals surface area contributed by atoms with E-state index in [1.165, 1.54) is 0 Å². The standard InChI is InChI=1S/C9H12N2O2/c1-11-3-6-4-2-5(7(6)10-11)9(13)8(4)12/h3-5,8-9,12-13H,2H2,1H3/t4-,5+,8-,9+/m1/s1. The van der Waals surface area contributed by atoms with Gasteiger partial charge in [0.2, 0.25) is 0 Å². The van der Waals surface area contributed by atoms with Crippen LogP contribution >= 0.6 is 0 Å². The molecule has 1 fully saturated rings. The fourth-order valence-corrected chi connectivity index (χ4v) is 2.71. The number of rotatable bonds is 0. The van der Waals surface area contributed by atoms with Crippen molar-refractivity contribution in [3.05, 3.63) is 17.5 Å². The van der Waals surface area contributed by atoms with Crippen molar-refractivity contribution in [2.45, 2.75) is 30.5 Å². The van der Waals surface area contributed by atoms with Crippen molar-refractivity contribution in [1.29, 1.82) is 0 Å². The number of hydrogen-bond donors (Lipinski definition) is 2. The predicted molar refractivity (Wildman–Crippen MR) is 45.3 cm³/mol. The summed E-state index contributed by atoms with van der Waals surface area (Å²) in [5.41, 5.74) is 2.12. The highest BCUT2D eigenvalue weighted by atomic mass is 16.3. The maximum atomic E-state index is 9.66. The molecule has 0 saturated heterocycles. The summed E-state index contributed by atoms with van der Waals surface area (Å²) in [5.74, 6) is 0.180. The topological polar surface area (TPSA) is 58.3 Å². The first-order valence-corrected chi connectivity index (χ1v) is 4.58. The van der Waals surface area contributed by atoms with Crippen LogP contribution in [-0.2, 0) is 7.05 Å². The van der Waals surface area contributed by atoms with Crippen molar-refractivity contribution in [2.75, 3.05) is 0 Å². The van der Waals surface area contributed by atoms with Gasteiger partial charge in [-0.1, -0.05) is 0 Å². The van der Waals surface area contributed by atoms with Crippen LogP contribution in [0.15, 0.2) is 6.20 Å². The van der Waals surface area contributed by atoms with Gasteiger partial charge in [0.25, 0.3) is 0 Å². The lowest BCUT2D eigenvalue weighted by Gasteiger charge is -2.21. The summed E-state index contributed by atoms with van der Waals surface area (Å²) in [5, 5.41) is 23.6. The molecule has 0 aromatic carbocycles. The van der Waals surface area contributed by atoms with Gasteiger partial charge >= 0.3 is 0 Å². The molecule has 0 spiro atoms. The zero-order chi connectivity index (χ0) is 9.16. The minimum absolute atomic E-state index is 0.0659. The van der Waals surface area contributed by atoms with E-state index in [0.29, 0.717) is 0 Å². The second-order valence-electron chi connectivity index (χ2n) is 4.07. The summed E-state index contributed by atoms with van der Waals surface area (Å²) in [6, 6.07) is 0. The monoisotopic (exact) mass is 180 g/mol. The molecule has 13 heavy (non-hydrogen) atoms. The quantitative estimate of drug-likeness (QED) is 0.577. The van der Waals surface area contributed by atoms with Gasteiger partial charge < -0.3 is 10.2 Å². The summed E-state index contributed by atoms with van der Waals surface area (Å²) in [4.78, 5) is 0. The van der Waals surface area contributed by atoms with Gasteiger partial charge in [0.05, 0.1) is 17.9 Å². The largest absolute Gasteiger partial charge is 0.390 e. The smallest absolute Gasteiger partial charge is 0.0889 e. The average Bonchev–Trinajstić information content (AvgIpc) is 2.64. The first-order valence-electron chi connectivity index (χ1n) is 4.58. The van der Waals surface area contributed by atoms with Gasteiger partial charge in [-0.05, 0) is 12.0 Å². The van der Waals surface area contributed by atoms with Gasteiger partial charge in [-0.2, -0.15) is 5.10 Å².